The molecule has 0 spiro atoms. The molecule has 1 aliphatic carbocycles. The Hall–Kier alpha value is -0.910. The van der Waals surface area contributed by atoms with Crippen LogP contribution >= 0.6 is 11.3 Å². The van der Waals surface area contributed by atoms with Crippen molar-refractivity contribution >= 4 is 17.2 Å². The number of likely N-dealkylation sites (N-methyl/N-ethyl adjacent to an activating group) is 1. The molecule has 1 aromatic rings. The van der Waals surface area contributed by atoms with E-state index in [4.69, 9.17) is 0 Å². The molecule has 1 aromatic heterocycles. The highest BCUT2D eigenvalue weighted by molar-refractivity contribution is 7.07. The summed E-state index contributed by atoms with van der Waals surface area (Å²) in [6, 6.07) is 2.10. The lowest BCUT2D eigenvalue weighted by Crippen LogP contribution is -2.58. The highest BCUT2D eigenvalue weighted by Crippen LogP contribution is 2.29. The Morgan fingerprint density at radius 3 is 2.84 bits per heavy atom. The SMILES string of the molecule is CN(Cc1ccsc1)CC1(O)CCCN(CCC2CCCCC2)C1=O. The molecule has 25 heavy (non-hydrogen) atoms. The number of amides is 1. The van der Waals surface area contributed by atoms with Crippen molar-refractivity contribution in [3.8, 4) is 0 Å². The van der Waals surface area contributed by atoms with E-state index in [2.05, 4.69) is 21.7 Å². The monoisotopic (exact) mass is 364 g/mol. The molecule has 2 aliphatic rings. The second-order valence-corrected chi connectivity index (χ2v) is 8.80. The molecule has 3 rings (SSSR count). The Balaban J connectivity index is 1.52. The minimum atomic E-state index is -1.21. The van der Waals surface area contributed by atoms with Gasteiger partial charge in [-0.05, 0) is 54.6 Å². The van der Waals surface area contributed by atoms with Crippen LogP contribution in [0.15, 0.2) is 16.8 Å². The van der Waals surface area contributed by atoms with Crippen LogP contribution in [0.4, 0.5) is 0 Å². The lowest BCUT2D eigenvalue weighted by atomic mass is 9.86. The van der Waals surface area contributed by atoms with E-state index < -0.39 is 5.60 Å². The van der Waals surface area contributed by atoms with E-state index >= 15 is 0 Å². The van der Waals surface area contributed by atoms with Crippen molar-refractivity contribution in [2.24, 2.45) is 5.92 Å². The van der Waals surface area contributed by atoms with Crippen LogP contribution in [0.1, 0.15) is 56.9 Å². The molecule has 2 heterocycles. The first kappa shape index (κ1) is 18.9. The number of piperidine rings is 1. The molecule has 1 unspecified atom stereocenters. The van der Waals surface area contributed by atoms with Gasteiger partial charge in [-0.2, -0.15) is 11.3 Å². The van der Waals surface area contributed by atoms with Gasteiger partial charge < -0.3 is 10.0 Å². The van der Waals surface area contributed by atoms with E-state index in [1.54, 1.807) is 11.3 Å². The van der Waals surface area contributed by atoms with Crippen molar-refractivity contribution in [2.45, 2.75) is 63.5 Å². The number of likely N-dealkylation sites (tertiary alicyclic amines) is 1. The van der Waals surface area contributed by atoms with Crippen LogP contribution in [-0.4, -0.2) is 53.1 Å². The van der Waals surface area contributed by atoms with E-state index in [1.807, 2.05) is 11.9 Å². The molecule has 1 atom stereocenters. The first-order chi connectivity index (χ1) is 12.1. The van der Waals surface area contributed by atoms with Crippen LogP contribution in [0.25, 0.3) is 0 Å². The fourth-order valence-electron chi connectivity index (χ4n) is 4.44. The number of nitrogens with zero attached hydrogens (tertiary/aromatic N) is 2. The lowest BCUT2D eigenvalue weighted by Gasteiger charge is -2.40. The number of carbonyl (C=O) groups is 1. The molecule has 5 heteroatoms. The summed E-state index contributed by atoms with van der Waals surface area (Å²) in [5.74, 6) is 0.726. The molecular weight excluding hydrogens is 332 g/mol. The second kappa shape index (κ2) is 8.65. The number of aliphatic hydroxyl groups is 1. The molecular formula is C20H32N2O2S. The molecule has 1 aliphatic heterocycles. The Labute approximate surface area is 155 Å². The van der Waals surface area contributed by atoms with Crippen molar-refractivity contribution in [3.63, 3.8) is 0 Å². The highest BCUT2D eigenvalue weighted by Gasteiger charge is 2.42. The number of hydrogen-bond donors (Lipinski definition) is 1. The molecule has 2 fully saturated rings. The van der Waals surface area contributed by atoms with Crippen molar-refractivity contribution in [2.75, 3.05) is 26.7 Å². The summed E-state index contributed by atoms with van der Waals surface area (Å²) in [5, 5.41) is 15.2. The van der Waals surface area contributed by atoms with Gasteiger partial charge in [0.15, 0.2) is 5.60 Å². The van der Waals surface area contributed by atoms with Gasteiger partial charge >= 0.3 is 0 Å². The summed E-state index contributed by atoms with van der Waals surface area (Å²) >= 11 is 1.68. The maximum absolute atomic E-state index is 12.9. The molecule has 0 bridgehead atoms. The van der Waals surface area contributed by atoms with Gasteiger partial charge in [0.05, 0.1) is 0 Å². The number of hydrogen-bond acceptors (Lipinski definition) is 4. The zero-order valence-corrected chi connectivity index (χ0v) is 16.3. The van der Waals surface area contributed by atoms with E-state index in [9.17, 15) is 9.90 Å². The molecule has 1 amide bonds. The zero-order valence-electron chi connectivity index (χ0n) is 15.5. The Morgan fingerprint density at radius 2 is 2.12 bits per heavy atom. The van der Waals surface area contributed by atoms with Crippen LogP contribution in [0.3, 0.4) is 0 Å². The first-order valence-corrected chi connectivity index (χ1v) is 10.7. The predicted octanol–water partition coefficient (Wildman–Crippen LogP) is 3.50. The predicted molar refractivity (Wildman–Crippen MR) is 103 cm³/mol. The normalized spacial score (nSPS) is 25.7. The topological polar surface area (TPSA) is 43.8 Å². The van der Waals surface area contributed by atoms with Crippen LogP contribution in [0, 0.1) is 5.92 Å². The number of carbonyl (C=O) groups excluding carboxylic acids is 1. The summed E-state index contributed by atoms with van der Waals surface area (Å²) in [6.45, 7) is 2.82. The van der Waals surface area contributed by atoms with E-state index in [-0.39, 0.29) is 5.91 Å². The first-order valence-electron chi connectivity index (χ1n) is 9.78. The van der Waals surface area contributed by atoms with Crippen molar-refractivity contribution in [1.29, 1.82) is 0 Å². The van der Waals surface area contributed by atoms with Gasteiger partial charge in [-0.25, -0.2) is 0 Å². The third-order valence-electron chi connectivity index (χ3n) is 5.80. The minimum Gasteiger partial charge on any atom is -0.379 e. The van der Waals surface area contributed by atoms with E-state index in [0.717, 1.165) is 38.4 Å². The second-order valence-electron chi connectivity index (χ2n) is 8.02. The Morgan fingerprint density at radius 1 is 1.32 bits per heavy atom. The van der Waals surface area contributed by atoms with Crippen molar-refractivity contribution < 1.29 is 9.90 Å². The maximum atomic E-state index is 12.9. The average molecular weight is 365 g/mol. The van der Waals surface area contributed by atoms with Gasteiger partial charge in [0.2, 0.25) is 0 Å². The molecule has 0 aromatic carbocycles. The molecule has 1 saturated heterocycles. The Bertz CT molecular complexity index is 542. The third-order valence-corrected chi connectivity index (χ3v) is 6.53. The quantitative estimate of drug-likeness (QED) is 0.805. The molecule has 1 saturated carbocycles. The van der Waals surface area contributed by atoms with Crippen molar-refractivity contribution in [1.82, 2.24) is 9.80 Å². The molecule has 1 N–H and O–H groups in total. The molecule has 140 valence electrons. The van der Waals surface area contributed by atoms with Gasteiger partial charge in [0.25, 0.3) is 5.91 Å². The van der Waals surface area contributed by atoms with Gasteiger partial charge in [0, 0.05) is 26.2 Å². The largest absolute Gasteiger partial charge is 0.379 e. The lowest BCUT2D eigenvalue weighted by molar-refractivity contribution is -0.159. The summed E-state index contributed by atoms with van der Waals surface area (Å²) in [5.41, 5.74) is 0.0313. The van der Waals surface area contributed by atoms with Gasteiger partial charge in [-0.1, -0.05) is 32.1 Å². The fraction of sp³-hybridized carbons (Fsp3) is 0.750. The van der Waals surface area contributed by atoms with Crippen LogP contribution in [0.2, 0.25) is 0 Å². The standard InChI is InChI=1S/C20H32N2O2S/c1-21(14-18-9-13-25-15-18)16-20(24)10-5-11-22(19(20)23)12-8-17-6-3-2-4-7-17/h9,13,15,17,24H,2-8,10-12,14,16H2,1H3. The van der Waals surface area contributed by atoms with Gasteiger partial charge in [0.1, 0.15) is 0 Å². The summed E-state index contributed by atoms with van der Waals surface area (Å²) < 4.78 is 0. The molecule has 4 nitrogen and oxygen atoms in total. The number of rotatable bonds is 7. The average Bonchev–Trinajstić information content (AvgIpc) is 3.10. The minimum absolute atomic E-state index is 0.0493. The van der Waals surface area contributed by atoms with Crippen LogP contribution in [-0.2, 0) is 11.3 Å². The van der Waals surface area contributed by atoms with Gasteiger partial charge in [-0.15, -0.1) is 0 Å². The van der Waals surface area contributed by atoms with E-state index in [0.29, 0.717) is 13.0 Å². The van der Waals surface area contributed by atoms with Crippen LogP contribution in [0.5, 0.6) is 0 Å². The smallest absolute Gasteiger partial charge is 0.255 e. The van der Waals surface area contributed by atoms with E-state index in [1.165, 1.54) is 37.7 Å². The molecule has 0 radical (unpaired) electrons. The maximum Gasteiger partial charge on any atom is 0.255 e. The van der Waals surface area contributed by atoms with Crippen molar-refractivity contribution in [3.05, 3.63) is 22.4 Å². The highest BCUT2D eigenvalue weighted by atomic mass is 32.1. The fourth-order valence-corrected chi connectivity index (χ4v) is 5.10. The van der Waals surface area contributed by atoms with Crippen LogP contribution < -0.4 is 0 Å². The summed E-state index contributed by atoms with van der Waals surface area (Å²) in [7, 11) is 1.99. The summed E-state index contributed by atoms with van der Waals surface area (Å²) in [6.07, 6.45) is 9.28. The summed E-state index contributed by atoms with van der Waals surface area (Å²) in [4.78, 5) is 16.9. The third kappa shape index (κ3) is 5.05. The van der Waals surface area contributed by atoms with Gasteiger partial charge in [-0.3, -0.25) is 9.69 Å². The number of thiophene rings is 1. The Kier molecular flexibility index (Phi) is 6.53. The zero-order chi connectivity index (χ0) is 17.7.